The number of morpholine rings is 1. The van der Waals surface area contributed by atoms with Gasteiger partial charge < -0.3 is 14.4 Å². The lowest BCUT2D eigenvalue weighted by Crippen LogP contribution is -2.42. The lowest BCUT2D eigenvalue weighted by Gasteiger charge is -2.30. The average molecular weight is 537 g/mol. The summed E-state index contributed by atoms with van der Waals surface area (Å²) in [6, 6.07) is 5.33. The second kappa shape index (κ2) is 11.5. The maximum atomic E-state index is 13.3. The molecule has 0 aromatic carbocycles. The maximum absolute atomic E-state index is 13.3. The second-order valence-corrected chi connectivity index (χ2v) is 10.7. The molecular weight excluding hydrogens is 508 g/mol. The van der Waals surface area contributed by atoms with Gasteiger partial charge in [0, 0.05) is 48.1 Å². The van der Waals surface area contributed by atoms with Crippen molar-refractivity contribution < 1.29 is 23.9 Å². The van der Waals surface area contributed by atoms with Crippen LogP contribution in [-0.4, -0.2) is 77.4 Å². The molecule has 0 radical (unpaired) electrons. The first-order chi connectivity index (χ1) is 18.5. The number of fused-ring (bicyclic) bond motifs is 1. The number of nitriles is 1. The lowest BCUT2D eigenvalue weighted by atomic mass is 10.0. The van der Waals surface area contributed by atoms with Crippen molar-refractivity contribution in [1.82, 2.24) is 14.9 Å². The largest absolute Gasteiger partial charge is 0.377 e. The van der Waals surface area contributed by atoms with Crippen LogP contribution in [0.25, 0.3) is 0 Å². The van der Waals surface area contributed by atoms with Gasteiger partial charge in [0.05, 0.1) is 18.3 Å². The molecule has 38 heavy (non-hydrogen) atoms. The Morgan fingerprint density at radius 2 is 2.21 bits per heavy atom. The second-order valence-electron chi connectivity index (χ2n) is 9.38. The lowest BCUT2D eigenvalue weighted by molar-refractivity contribution is -0.143. The number of rotatable bonds is 6. The van der Waals surface area contributed by atoms with Crippen molar-refractivity contribution in [2.45, 2.75) is 49.0 Å². The number of nitrogens with zero attached hydrogens (tertiary/aromatic N) is 5. The number of urea groups is 1. The standard InChI is InChI=1S/C26H28N6O5S/c1-16-21(4-7-37-16)38-22-10-23(28-12-19(22)11-27)30-26(35)32-5-2-3-17-9-18(20(14-33)29-25(17)32)13-31-6-8-36-15-24(31)34/h9-10,12,14,16,21H,2-8,13,15H2,1H3,(H,28,30,35). The molecule has 2 saturated heterocycles. The average Bonchev–Trinajstić information content (AvgIpc) is 3.33. The van der Waals surface area contributed by atoms with Crippen molar-refractivity contribution >= 4 is 41.6 Å². The summed E-state index contributed by atoms with van der Waals surface area (Å²) in [5, 5.41) is 12.6. The van der Waals surface area contributed by atoms with Gasteiger partial charge in [0.15, 0.2) is 6.29 Å². The smallest absolute Gasteiger partial charge is 0.328 e. The zero-order valence-electron chi connectivity index (χ0n) is 21.0. The zero-order chi connectivity index (χ0) is 26.6. The van der Waals surface area contributed by atoms with Crippen LogP contribution < -0.4 is 10.2 Å². The Labute approximate surface area is 224 Å². The third-order valence-electron chi connectivity index (χ3n) is 6.88. The van der Waals surface area contributed by atoms with Gasteiger partial charge in [-0.3, -0.25) is 19.8 Å². The molecule has 12 heteroatoms. The number of aromatic nitrogens is 2. The van der Waals surface area contributed by atoms with E-state index >= 15 is 0 Å². The first kappa shape index (κ1) is 26.1. The Morgan fingerprint density at radius 1 is 1.34 bits per heavy atom. The molecule has 198 valence electrons. The minimum Gasteiger partial charge on any atom is -0.377 e. The van der Waals surface area contributed by atoms with Crippen molar-refractivity contribution in [3.05, 3.63) is 40.7 Å². The number of aryl methyl sites for hydroxylation is 1. The number of hydrogen-bond donors (Lipinski definition) is 1. The van der Waals surface area contributed by atoms with Crippen LogP contribution in [0.2, 0.25) is 0 Å². The summed E-state index contributed by atoms with van der Waals surface area (Å²) in [6.45, 7) is 4.32. The molecule has 3 aliphatic heterocycles. The third kappa shape index (κ3) is 5.50. The van der Waals surface area contributed by atoms with Gasteiger partial charge >= 0.3 is 6.03 Å². The number of carbonyl (C=O) groups is 3. The van der Waals surface area contributed by atoms with Gasteiger partial charge in [-0.05, 0) is 43.9 Å². The van der Waals surface area contributed by atoms with E-state index < -0.39 is 6.03 Å². The number of anilines is 2. The van der Waals surface area contributed by atoms with E-state index in [-0.39, 0.29) is 36.1 Å². The van der Waals surface area contributed by atoms with Gasteiger partial charge in [0.1, 0.15) is 30.0 Å². The minimum absolute atomic E-state index is 0.0276. The number of hydrogen-bond acceptors (Lipinski definition) is 9. The van der Waals surface area contributed by atoms with E-state index in [2.05, 4.69) is 21.4 Å². The van der Waals surface area contributed by atoms with Crippen molar-refractivity contribution in [2.24, 2.45) is 0 Å². The highest BCUT2D eigenvalue weighted by atomic mass is 32.2. The normalized spacial score (nSPS) is 21.1. The highest BCUT2D eigenvalue weighted by molar-refractivity contribution is 8.00. The number of carbonyl (C=O) groups excluding carboxylic acids is 3. The number of aldehydes is 1. The summed E-state index contributed by atoms with van der Waals surface area (Å²) >= 11 is 1.56. The molecule has 1 N–H and O–H groups in total. The molecule has 5 rings (SSSR count). The van der Waals surface area contributed by atoms with Gasteiger partial charge in [-0.1, -0.05) is 0 Å². The molecule has 3 aliphatic rings. The molecule has 2 aromatic rings. The van der Waals surface area contributed by atoms with E-state index in [1.165, 1.54) is 11.1 Å². The number of amides is 3. The Morgan fingerprint density at radius 3 is 2.95 bits per heavy atom. The number of thioether (sulfide) groups is 1. The van der Waals surface area contributed by atoms with Crippen LogP contribution in [0, 0.1) is 11.3 Å². The topological polar surface area (TPSA) is 138 Å². The van der Waals surface area contributed by atoms with Crippen molar-refractivity contribution in [2.75, 3.05) is 43.1 Å². The Balaban J connectivity index is 1.35. The molecule has 11 nitrogen and oxygen atoms in total. The van der Waals surface area contributed by atoms with Gasteiger partial charge in [0.2, 0.25) is 5.91 Å². The zero-order valence-corrected chi connectivity index (χ0v) is 21.8. The van der Waals surface area contributed by atoms with Crippen molar-refractivity contribution in [3.63, 3.8) is 0 Å². The fourth-order valence-corrected chi connectivity index (χ4v) is 6.02. The van der Waals surface area contributed by atoms with Crippen LogP contribution in [0.1, 0.15) is 46.9 Å². The highest BCUT2D eigenvalue weighted by Crippen LogP contribution is 2.35. The van der Waals surface area contributed by atoms with Crippen LogP contribution in [0.15, 0.2) is 23.2 Å². The van der Waals surface area contributed by atoms with E-state index in [0.717, 1.165) is 23.3 Å². The molecular formula is C26H28N6O5S. The number of ether oxygens (including phenoxy) is 2. The van der Waals surface area contributed by atoms with E-state index in [1.807, 2.05) is 13.0 Å². The van der Waals surface area contributed by atoms with Crippen LogP contribution in [-0.2, 0) is 27.2 Å². The van der Waals surface area contributed by atoms with Crippen LogP contribution in [0.4, 0.5) is 16.4 Å². The van der Waals surface area contributed by atoms with Crippen molar-refractivity contribution in [3.8, 4) is 6.07 Å². The molecule has 5 heterocycles. The predicted octanol–water partition coefficient (Wildman–Crippen LogP) is 2.77. The van der Waals surface area contributed by atoms with Crippen molar-refractivity contribution in [1.29, 1.82) is 5.26 Å². The summed E-state index contributed by atoms with van der Waals surface area (Å²) in [7, 11) is 0. The fraction of sp³-hybridized carbons (Fsp3) is 0.462. The first-order valence-corrected chi connectivity index (χ1v) is 13.4. The van der Waals surface area contributed by atoms with Crippen LogP contribution in [0.3, 0.4) is 0 Å². The van der Waals surface area contributed by atoms with Gasteiger partial charge in [-0.25, -0.2) is 14.8 Å². The predicted molar refractivity (Wildman–Crippen MR) is 139 cm³/mol. The molecule has 2 atom stereocenters. The van der Waals surface area contributed by atoms with E-state index in [1.54, 1.807) is 22.7 Å². The molecule has 0 spiro atoms. The Hall–Kier alpha value is -3.53. The van der Waals surface area contributed by atoms with Gasteiger partial charge in [-0.2, -0.15) is 5.26 Å². The Kier molecular flexibility index (Phi) is 7.87. The first-order valence-electron chi connectivity index (χ1n) is 12.6. The van der Waals surface area contributed by atoms with Crippen LogP contribution >= 0.6 is 11.8 Å². The number of nitrogens with one attached hydrogen (secondary N) is 1. The summed E-state index contributed by atoms with van der Waals surface area (Å²) in [5.41, 5.74) is 2.13. The number of pyridine rings is 2. The van der Waals surface area contributed by atoms with E-state index in [4.69, 9.17) is 9.47 Å². The minimum atomic E-state index is -0.419. The van der Waals surface area contributed by atoms with E-state index in [9.17, 15) is 19.6 Å². The molecule has 3 amide bonds. The quantitative estimate of drug-likeness (QED) is 0.552. The SMILES string of the molecule is CC1OCCC1Sc1cc(NC(=O)N2CCCc3cc(CN4CCOCC4=O)c(C=O)nc32)ncc1C#N. The molecule has 0 saturated carbocycles. The van der Waals surface area contributed by atoms with E-state index in [0.29, 0.717) is 61.8 Å². The summed E-state index contributed by atoms with van der Waals surface area (Å²) in [5.74, 6) is 0.621. The summed E-state index contributed by atoms with van der Waals surface area (Å²) < 4.78 is 10.8. The molecule has 2 unspecified atom stereocenters. The van der Waals surface area contributed by atoms with Crippen LogP contribution in [0.5, 0.6) is 0 Å². The molecule has 2 fully saturated rings. The molecule has 2 aromatic heterocycles. The monoisotopic (exact) mass is 536 g/mol. The summed E-state index contributed by atoms with van der Waals surface area (Å²) in [4.78, 5) is 50.1. The fourth-order valence-electron chi connectivity index (χ4n) is 4.80. The maximum Gasteiger partial charge on any atom is 0.328 e. The summed E-state index contributed by atoms with van der Waals surface area (Å²) in [6.07, 6.45) is 4.51. The molecule has 0 bridgehead atoms. The molecule has 0 aliphatic carbocycles. The van der Waals surface area contributed by atoms with Gasteiger partial charge in [-0.15, -0.1) is 11.8 Å². The van der Waals surface area contributed by atoms with Gasteiger partial charge in [0.25, 0.3) is 0 Å². The third-order valence-corrected chi connectivity index (χ3v) is 8.40. The Bertz CT molecular complexity index is 1300. The highest BCUT2D eigenvalue weighted by Gasteiger charge is 2.29.